The molecular weight excluding hydrogens is 266 g/mol. The van der Waals surface area contributed by atoms with E-state index in [0.717, 1.165) is 47.6 Å². The summed E-state index contributed by atoms with van der Waals surface area (Å²) in [5, 5.41) is 7.32. The highest BCUT2D eigenvalue weighted by molar-refractivity contribution is 5.81. The Morgan fingerprint density at radius 1 is 1.43 bits per heavy atom. The van der Waals surface area contributed by atoms with Crippen molar-refractivity contribution in [1.82, 2.24) is 10.2 Å². The van der Waals surface area contributed by atoms with Gasteiger partial charge >= 0.3 is 0 Å². The molecule has 1 atom stereocenters. The molecule has 1 saturated heterocycles. The zero-order valence-electron chi connectivity index (χ0n) is 12.5. The predicted molar refractivity (Wildman–Crippen MR) is 82.5 cm³/mol. The highest BCUT2D eigenvalue weighted by Gasteiger charge is 2.25. The molecule has 1 aliphatic rings. The molecular formula is C16H21N3O2. The first-order valence-electron chi connectivity index (χ1n) is 7.27. The van der Waals surface area contributed by atoms with Crippen molar-refractivity contribution >= 4 is 5.82 Å². The second kappa shape index (κ2) is 5.77. The monoisotopic (exact) mass is 287 g/mol. The Kier molecular flexibility index (Phi) is 3.84. The number of H-pyrrole nitrogens is 1. The van der Waals surface area contributed by atoms with Crippen LogP contribution >= 0.6 is 0 Å². The molecule has 0 bridgehead atoms. The summed E-state index contributed by atoms with van der Waals surface area (Å²) in [5.41, 5.74) is 10.3. The van der Waals surface area contributed by atoms with Crippen molar-refractivity contribution in [2.45, 2.75) is 25.7 Å². The van der Waals surface area contributed by atoms with Gasteiger partial charge in [0.05, 0.1) is 25.0 Å². The number of nitrogens with zero attached hydrogens (tertiary/aromatic N) is 1. The first-order valence-corrected chi connectivity index (χ1v) is 7.27. The second-order valence-electron chi connectivity index (χ2n) is 5.52. The van der Waals surface area contributed by atoms with Crippen molar-refractivity contribution in [2.75, 3.05) is 26.1 Å². The number of hydrogen-bond acceptors (Lipinski definition) is 4. The molecule has 3 rings (SSSR count). The molecule has 1 fully saturated rings. The molecule has 3 N–H and O–H groups in total. The first kappa shape index (κ1) is 13.9. The summed E-state index contributed by atoms with van der Waals surface area (Å²) in [4.78, 5) is 0. The molecule has 0 aliphatic carbocycles. The third-order valence-corrected chi connectivity index (χ3v) is 4.02. The third kappa shape index (κ3) is 2.61. The number of aryl methyl sites for hydroxylation is 1. The van der Waals surface area contributed by atoms with Crippen molar-refractivity contribution in [3.63, 3.8) is 0 Å². The number of ether oxygens (including phenoxy) is 2. The molecule has 0 radical (unpaired) electrons. The minimum absolute atomic E-state index is 0.309. The summed E-state index contributed by atoms with van der Waals surface area (Å²) in [6.07, 6.45) is 2.15. The van der Waals surface area contributed by atoms with Gasteiger partial charge in [-0.2, -0.15) is 5.10 Å². The van der Waals surface area contributed by atoms with Gasteiger partial charge in [-0.1, -0.05) is 11.6 Å². The summed E-state index contributed by atoms with van der Waals surface area (Å²) >= 11 is 0. The fraction of sp³-hybridized carbons (Fsp3) is 0.438. The molecule has 1 aromatic heterocycles. The van der Waals surface area contributed by atoms with Gasteiger partial charge < -0.3 is 15.2 Å². The number of nitrogens with two attached hydrogens (primary N) is 1. The van der Waals surface area contributed by atoms with Gasteiger partial charge in [0.1, 0.15) is 5.75 Å². The van der Waals surface area contributed by atoms with Crippen LogP contribution < -0.4 is 10.5 Å². The minimum Gasteiger partial charge on any atom is -0.496 e. The van der Waals surface area contributed by atoms with Crippen LogP contribution in [-0.2, 0) is 4.74 Å². The van der Waals surface area contributed by atoms with Gasteiger partial charge in [0.25, 0.3) is 0 Å². The van der Waals surface area contributed by atoms with E-state index in [0.29, 0.717) is 18.3 Å². The number of methoxy groups -OCH3 is 1. The van der Waals surface area contributed by atoms with Crippen molar-refractivity contribution in [2.24, 2.45) is 0 Å². The van der Waals surface area contributed by atoms with Gasteiger partial charge in [0, 0.05) is 18.1 Å². The van der Waals surface area contributed by atoms with E-state index in [4.69, 9.17) is 15.2 Å². The van der Waals surface area contributed by atoms with Crippen molar-refractivity contribution in [1.29, 1.82) is 0 Å². The number of aromatic amines is 1. The van der Waals surface area contributed by atoms with Gasteiger partial charge in [0.2, 0.25) is 0 Å². The maximum absolute atomic E-state index is 6.12. The number of rotatable bonds is 3. The van der Waals surface area contributed by atoms with Gasteiger partial charge in [-0.15, -0.1) is 0 Å². The lowest BCUT2D eigenvalue weighted by Gasteiger charge is -2.22. The molecule has 5 nitrogen and oxygen atoms in total. The van der Waals surface area contributed by atoms with E-state index in [1.54, 1.807) is 7.11 Å². The predicted octanol–water partition coefficient (Wildman–Crippen LogP) is 2.87. The van der Waals surface area contributed by atoms with E-state index < -0.39 is 0 Å². The minimum atomic E-state index is 0.309. The fourth-order valence-electron chi connectivity index (χ4n) is 2.93. The first-order chi connectivity index (χ1) is 10.2. The standard InChI is InChI=1S/C16H21N3O2/c1-10-5-6-13(20-2)12(8-10)14-15(18-19-16(14)17)11-4-3-7-21-9-11/h5-6,8,11H,3-4,7,9H2,1-2H3,(H3,17,18,19). The SMILES string of the molecule is COc1ccc(C)cc1-c1c(N)n[nH]c1C1CCCOC1. The van der Waals surface area contributed by atoms with Crippen molar-refractivity contribution in [3.05, 3.63) is 29.5 Å². The van der Waals surface area contributed by atoms with E-state index >= 15 is 0 Å². The molecule has 21 heavy (non-hydrogen) atoms. The topological polar surface area (TPSA) is 73.2 Å². The molecule has 0 saturated carbocycles. The lowest BCUT2D eigenvalue weighted by Crippen LogP contribution is -2.16. The maximum atomic E-state index is 6.12. The highest BCUT2D eigenvalue weighted by atomic mass is 16.5. The summed E-state index contributed by atoms with van der Waals surface area (Å²) in [7, 11) is 1.67. The van der Waals surface area contributed by atoms with Crippen LogP contribution in [0.15, 0.2) is 18.2 Å². The van der Waals surface area contributed by atoms with E-state index in [1.165, 1.54) is 0 Å². The Labute approximate surface area is 124 Å². The van der Waals surface area contributed by atoms with Crippen LogP contribution in [0.2, 0.25) is 0 Å². The largest absolute Gasteiger partial charge is 0.496 e. The highest BCUT2D eigenvalue weighted by Crippen LogP contribution is 2.40. The van der Waals surface area contributed by atoms with Crippen LogP contribution in [0.5, 0.6) is 5.75 Å². The van der Waals surface area contributed by atoms with Crippen LogP contribution in [0, 0.1) is 6.92 Å². The van der Waals surface area contributed by atoms with Crippen LogP contribution in [-0.4, -0.2) is 30.5 Å². The quantitative estimate of drug-likeness (QED) is 0.910. The van der Waals surface area contributed by atoms with Gasteiger partial charge in [0.15, 0.2) is 5.82 Å². The van der Waals surface area contributed by atoms with Crippen LogP contribution in [0.3, 0.4) is 0 Å². The summed E-state index contributed by atoms with van der Waals surface area (Å²) in [6, 6.07) is 6.09. The zero-order valence-corrected chi connectivity index (χ0v) is 12.5. The average Bonchev–Trinajstić information content (AvgIpc) is 2.89. The molecule has 112 valence electrons. The molecule has 1 aliphatic heterocycles. The molecule has 0 amide bonds. The molecule has 2 heterocycles. The van der Waals surface area contributed by atoms with E-state index in [1.807, 2.05) is 12.1 Å². The summed E-state index contributed by atoms with van der Waals surface area (Å²) < 4.78 is 11.1. The zero-order chi connectivity index (χ0) is 14.8. The molecule has 5 heteroatoms. The van der Waals surface area contributed by atoms with E-state index in [-0.39, 0.29) is 0 Å². The molecule has 0 spiro atoms. The Bertz CT molecular complexity index is 630. The maximum Gasteiger partial charge on any atom is 0.153 e. The van der Waals surface area contributed by atoms with Crippen LogP contribution in [0.25, 0.3) is 11.1 Å². The lowest BCUT2D eigenvalue weighted by molar-refractivity contribution is 0.0794. The normalized spacial score (nSPS) is 18.7. The third-order valence-electron chi connectivity index (χ3n) is 4.02. The number of nitrogens with one attached hydrogen (secondary N) is 1. The van der Waals surface area contributed by atoms with Crippen molar-refractivity contribution < 1.29 is 9.47 Å². The molecule has 2 aromatic rings. The Hall–Kier alpha value is -2.01. The van der Waals surface area contributed by atoms with E-state index in [2.05, 4.69) is 23.2 Å². The van der Waals surface area contributed by atoms with Crippen LogP contribution in [0.1, 0.15) is 30.0 Å². The fourth-order valence-corrected chi connectivity index (χ4v) is 2.93. The van der Waals surface area contributed by atoms with Gasteiger partial charge in [-0.3, -0.25) is 5.10 Å². The molecule has 1 unspecified atom stereocenters. The lowest BCUT2D eigenvalue weighted by atomic mass is 9.92. The molecule has 1 aromatic carbocycles. The van der Waals surface area contributed by atoms with Gasteiger partial charge in [-0.05, 0) is 31.9 Å². The number of nitrogen functional groups attached to an aromatic ring is 1. The number of hydrogen-bond donors (Lipinski definition) is 2. The average molecular weight is 287 g/mol. The smallest absolute Gasteiger partial charge is 0.153 e. The van der Waals surface area contributed by atoms with Crippen molar-refractivity contribution in [3.8, 4) is 16.9 Å². The Balaban J connectivity index is 2.09. The Morgan fingerprint density at radius 2 is 2.29 bits per heavy atom. The van der Waals surface area contributed by atoms with E-state index in [9.17, 15) is 0 Å². The number of benzene rings is 1. The number of aromatic nitrogens is 2. The second-order valence-corrected chi connectivity index (χ2v) is 5.52. The van der Waals surface area contributed by atoms with Crippen LogP contribution in [0.4, 0.5) is 5.82 Å². The van der Waals surface area contributed by atoms with Gasteiger partial charge in [-0.25, -0.2) is 0 Å². The Morgan fingerprint density at radius 3 is 3.00 bits per heavy atom. The number of anilines is 1. The summed E-state index contributed by atoms with van der Waals surface area (Å²) in [6.45, 7) is 3.61. The summed E-state index contributed by atoms with van der Waals surface area (Å²) in [5.74, 6) is 1.63.